The second-order valence-corrected chi connectivity index (χ2v) is 6.90. The molecule has 0 aliphatic rings. The predicted octanol–water partition coefficient (Wildman–Crippen LogP) is 4.39. The number of halogens is 3. The topological polar surface area (TPSA) is 92.4 Å². The van der Waals surface area contributed by atoms with E-state index in [1.807, 2.05) is 0 Å². The van der Waals surface area contributed by atoms with Crippen LogP contribution in [0.3, 0.4) is 0 Å². The number of nitrogens with zero attached hydrogens (tertiary/aromatic N) is 1. The number of carbonyl (C=O) groups excluding carboxylic acids is 2. The highest BCUT2D eigenvalue weighted by Crippen LogP contribution is 2.37. The number of hydrogen-bond acceptors (Lipinski definition) is 5. The molecule has 2 amide bonds. The fraction of sp³-hybridized carbons (Fsp3) is 0.174. The Labute approximate surface area is 188 Å². The minimum Gasteiger partial charge on any atom is -0.496 e. The fourth-order valence-electron chi connectivity index (χ4n) is 3.13. The van der Waals surface area contributed by atoms with Crippen LogP contribution in [0.25, 0.3) is 0 Å². The molecule has 3 N–H and O–H groups in total. The van der Waals surface area contributed by atoms with Crippen molar-refractivity contribution in [2.24, 2.45) is 0 Å². The summed E-state index contributed by atoms with van der Waals surface area (Å²) in [5.41, 5.74) is -0.466. The van der Waals surface area contributed by atoms with Crippen LogP contribution in [0.1, 0.15) is 21.5 Å². The molecule has 0 spiro atoms. The molecule has 3 aromatic rings. The van der Waals surface area contributed by atoms with E-state index in [9.17, 15) is 22.8 Å². The quantitative estimate of drug-likeness (QED) is 0.488. The molecule has 0 saturated carbocycles. The number of aromatic nitrogens is 1. The van der Waals surface area contributed by atoms with Gasteiger partial charge in [-0.1, -0.05) is 30.3 Å². The third-order valence-corrected chi connectivity index (χ3v) is 4.69. The minimum absolute atomic E-state index is 0.0605. The molecule has 0 aliphatic carbocycles. The van der Waals surface area contributed by atoms with Gasteiger partial charge < -0.3 is 20.7 Å². The Morgan fingerprint density at radius 3 is 2.42 bits per heavy atom. The minimum atomic E-state index is -4.71. The monoisotopic (exact) mass is 458 g/mol. The lowest BCUT2D eigenvalue weighted by Crippen LogP contribution is -2.20. The summed E-state index contributed by atoms with van der Waals surface area (Å²) < 4.78 is 46.0. The SMILES string of the molecule is CNC(=O)c1ccccc1Nc1cc(NC(=O)Cc2ccccc2OC)ncc1C(F)(F)F. The second-order valence-electron chi connectivity index (χ2n) is 6.90. The molecule has 0 saturated heterocycles. The van der Waals surface area contributed by atoms with Gasteiger partial charge in [-0.05, 0) is 18.2 Å². The summed E-state index contributed by atoms with van der Waals surface area (Å²) in [5, 5.41) is 7.60. The van der Waals surface area contributed by atoms with Crippen molar-refractivity contribution in [3.63, 3.8) is 0 Å². The van der Waals surface area contributed by atoms with Crippen LogP contribution >= 0.6 is 0 Å². The summed E-state index contributed by atoms with van der Waals surface area (Å²) in [5.74, 6) is -0.515. The molecule has 2 aromatic carbocycles. The lowest BCUT2D eigenvalue weighted by Gasteiger charge is -2.17. The smallest absolute Gasteiger partial charge is 0.419 e. The number of hydrogen-bond donors (Lipinski definition) is 3. The molecule has 7 nitrogen and oxygen atoms in total. The molecule has 10 heteroatoms. The van der Waals surface area contributed by atoms with Crippen LogP contribution in [0.2, 0.25) is 0 Å². The zero-order valence-electron chi connectivity index (χ0n) is 17.8. The number of alkyl halides is 3. The van der Waals surface area contributed by atoms with E-state index in [1.54, 1.807) is 36.4 Å². The first kappa shape index (κ1) is 23.6. The summed E-state index contributed by atoms with van der Waals surface area (Å²) in [6.45, 7) is 0. The lowest BCUT2D eigenvalue weighted by atomic mass is 10.1. The van der Waals surface area contributed by atoms with Gasteiger partial charge in [0.1, 0.15) is 11.6 Å². The Morgan fingerprint density at radius 1 is 1.03 bits per heavy atom. The van der Waals surface area contributed by atoms with Crippen molar-refractivity contribution in [1.29, 1.82) is 0 Å². The van der Waals surface area contributed by atoms with Crippen LogP contribution in [0, 0.1) is 0 Å². The maximum atomic E-state index is 13.6. The molecule has 1 aromatic heterocycles. The van der Waals surface area contributed by atoms with Gasteiger partial charge in [-0.15, -0.1) is 0 Å². The van der Waals surface area contributed by atoms with Crippen LogP contribution in [-0.2, 0) is 17.4 Å². The third kappa shape index (κ3) is 5.79. The van der Waals surface area contributed by atoms with Gasteiger partial charge in [-0.3, -0.25) is 9.59 Å². The number of amides is 2. The Balaban J connectivity index is 1.90. The van der Waals surface area contributed by atoms with E-state index in [2.05, 4.69) is 20.9 Å². The Kier molecular flexibility index (Phi) is 7.17. The normalized spacial score (nSPS) is 10.9. The molecular formula is C23H21F3N4O3. The summed E-state index contributed by atoms with van der Waals surface area (Å²) in [7, 11) is 2.89. The number of methoxy groups -OCH3 is 1. The molecule has 0 bridgehead atoms. The highest BCUT2D eigenvalue weighted by atomic mass is 19.4. The number of nitrogens with one attached hydrogen (secondary N) is 3. The first-order chi connectivity index (χ1) is 15.7. The zero-order chi connectivity index (χ0) is 24.0. The van der Waals surface area contributed by atoms with Gasteiger partial charge in [0.25, 0.3) is 5.91 Å². The number of ether oxygens (including phenoxy) is 1. The molecule has 1 heterocycles. The number of para-hydroxylation sites is 2. The highest BCUT2D eigenvalue weighted by molar-refractivity contribution is 6.00. The van der Waals surface area contributed by atoms with Crippen LogP contribution in [0.15, 0.2) is 60.8 Å². The van der Waals surface area contributed by atoms with Crippen molar-refractivity contribution in [2.45, 2.75) is 12.6 Å². The molecule has 3 rings (SSSR count). The lowest BCUT2D eigenvalue weighted by molar-refractivity contribution is -0.137. The van der Waals surface area contributed by atoms with Crippen molar-refractivity contribution >= 4 is 29.0 Å². The van der Waals surface area contributed by atoms with Gasteiger partial charge in [0.15, 0.2) is 0 Å². The molecule has 172 valence electrons. The van der Waals surface area contributed by atoms with Crippen LogP contribution in [0.4, 0.5) is 30.4 Å². The maximum Gasteiger partial charge on any atom is 0.419 e. The summed E-state index contributed by atoms with van der Waals surface area (Å²) in [4.78, 5) is 28.3. The van der Waals surface area contributed by atoms with Gasteiger partial charge in [0.2, 0.25) is 5.91 Å². The van der Waals surface area contributed by atoms with E-state index in [0.29, 0.717) is 17.5 Å². The largest absolute Gasteiger partial charge is 0.496 e. The first-order valence-corrected chi connectivity index (χ1v) is 9.80. The van der Waals surface area contributed by atoms with Crippen molar-refractivity contribution in [2.75, 3.05) is 24.8 Å². The number of anilines is 3. The molecule has 0 unspecified atom stereocenters. The van der Waals surface area contributed by atoms with E-state index in [1.165, 1.54) is 26.3 Å². The van der Waals surface area contributed by atoms with Crippen LogP contribution < -0.4 is 20.7 Å². The molecular weight excluding hydrogens is 437 g/mol. The molecule has 0 radical (unpaired) electrons. The van der Waals surface area contributed by atoms with E-state index < -0.39 is 23.6 Å². The standard InChI is InChI=1S/C23H21F3N4O3/c1-27-22(32)15-8-4-5-9-17(15)29-18-12-20(28-13-16(18)23(24,25)26)30-21(31)11-14-7-3-6-10-19(14)33-2/h3-10,12-13H,11H2,1-2H3,(H,27,32)(H2,28,29,30,31). The first-order valence-electron chi connectivity index (χ1n) is 9.80. The maximum absolute atomic E-state index is 13.6. The average Bonchev–Trinajstić information content (AvgIpc) is 2.78. The fourth-order valence-corrected chi connectivity index (χ4v) is 3.13. The number of rotatable bonds is 7. The second kappa shape index (κ2) is 10.0. The number of pyridine rings is 1. The van der Waals surface area contributed by atoms with Crippen molar-refractivity contribution in [1.82, 2.24) is 10.3 Å². The molecule has 0 aliphatic heterocycles. The van der Waals surface area contributed by atoms with Crippen molar-refractivity contribution < 1.29 is 27.5 Å². The molecule has 0 fully saturated rings. The van der Waals surface area contributed by atoms with E-state index >= 15 is 0 Å². The van der Waals surface area contributed by atoms with Crippen molar-refractivity contribution in [3.8, 4) is 5.75 Å². The molecule has 0 atom stereocenters. The van der Waals surface area contributed by atoms with E-state index in [0.717, 1.165) is 6.07 Å². The Bertz CT molecular complexity index is 1170. The average molecular weight is 458 g/mol. The summed E-state index contributed by atoms with van der Waals surface area (Å²) >= 11 is 0. The van der Waals surface area contributed by atoms with Gasteiger partial charge in [-0.2, -0.15) is 13.2 Å². The molecule has 33 heavy (non-hydrogen) atoms. The summed E-state index contributed by atoms with van der Waals surface area (Å²) in [6.07, 6.45) is -4.14. The third-order valence-electron chi connectivity index (χ3n) is 4.69. The van der Waals surface area contributed by atoms with Crippen LogP contribution in [0.5, 0.6) is 5.75 Å². The zero-order valence-corrected chi connectivity index (χ0v) is 17.8. The van der Waals surface area contributed by atoms with E-state index in [4.69, 9.17) is 4.74 Å². The summed E-state index contributed by atoms with van der Waals surface area (Å²) in [6, 6.07) is 14.1. The number of carbonyl (C=O) groups is 2. The van der Waals surface area contributed by atoms with Gasteiger partial charge in [-0.25, -0.2) is 4.98 Å². The van der Waals surface area contributed by atoms with E-state index in [-0.39, 0.29) is 29.2 Å². The van der Waals surface area contributed by atoms with Gasteiger partial charge >= 0.3 is 6.18 Å². The highest BCUT2D eigenvalue weighted by Gasteiger charge is 2.34. The van der Waals surface area contributed by atoms with Crippen molar-refractivity contribution in [3.05, 3.63) is 77.5 Å². The Hall–Kier alpha value is -4.08. The van der Waals surface area contributed by atoms with Gasteiger partial charge in [0, 0.05) is 24.9 Å². The van der Waals surface area contributed by atoms with Gasteiger partial charge in [0.05, 0.1) is 36.0 Å². The van der Waals surface area contributed by atoms with Crippen LogP contribution in [-0.4, -0.2) is 31.0 Å². The number of benzene rings is 2. The Morgan fingerprint density at radius 2 is 1.73 bits per heavy atom. The predicted molar refractivity (Wildman–Crippen MR) is 118 cm³/mol.